The minimum atomic E-state index is -1.51. The van der Waals surface area contributed by atoms with Crippen LogP contribution in [0.25, 0.3) is 0 Å². The summed E-state index contributed by atoms with van der Waals surface area (Å²) in [5, 5.41) is 9.28. The van der Waals surface area contributed by atoms with Gasteiger partial charge >= 0.3 is 0 Å². The summed E-state index contributed by atoms with van der Waals surface area (Å²) in [4.78, 5) is 0. The molecule has 0 aromatic carbocycles. The second-order valence-corrected chi connectivity index (χ2v) is 3.46. The van der Waals surface area contributed by atoms with Crippen LogP contribution in [0.15, 0.2) is 0 Å². The average Bonchev–Trinajstić information content (AvgIpc) is 2.29. The molecule has 0 aliphatic carbocycles. The Morgan fingerprint density at radius 3 is 2.62 bits per heavy atom. The molecular formula is C8H14BFO3. The van der Waals surface area contributed by atoms with Gasteiger partial charge in [-0.25, -0.2) is 4.39 Å². The molecule has 74 valence electrons. The van der Waals surface area contributed by atoms with Crippen molar-refractivity contribution in [2.24, 2.45) is 0 Å². The average molecular weight is 188 g/mol. The Balaban J connectivity index is 2.35. The highest BCUT2D eigenvalue weighted by Gasteiger charge is 2.41. The van der Waals surface area contributed by atoms with Crippen LogP contribution in [0, 0.1) is 0 Å². The SMILES string of the molecule is [B][C@@H]1O[C@H](COC(C)C)C(O)[C@@H]1F. The smallest absolute Gasteiger partial charge is 0.146 e. The van der Waals surface area contributed by atoms with Crippen LogP contribution >= 0.6 is 0 Å². The molecule has 1 fully saturated rings. The normalized spacial score (nSPS) is 40.1. The lowest BCUT2D eigenvalue weighted by Gasteiger charge is -2.16. The fourth-order valence-electron chi connectivity index (χ4n) is 1.18. The second-order valence-electron chi connectivity index (χ2n) is 3.46. The first-order chi connectivity index (χ1) is 6.02. The van der Waals surface area contributed by atoms with Crippen molar-refractivity contribution >= 4 is 7.85 Å². The summed E-state index contributed by atoms with van der Waals surface area (Å²) in [5.41, 5.74) is 0. The highest BCUT2D eigenvalue weighted by molar-refractivity contribution is 6.11. The Morgan fingerprint density at radius 2 is 2.23 bits per heavy atom. The third kappa shape index (κ3) is 2.66. The van der Waals surface area contributed by atoms with E-state index in [1.165, 1.54) is 0 Å². The van der Waals surface area contributed by atoms with Gasteiger partial charge in [0.15, 0.2) is 0 Å². The summed E-state index contributed by atoms with van der Waals surface area (Å²) in [6, 6.07) is -1.03. The van der Waals surface area contributed by atoms with Crippen LogP contribution in [-0.4, -0.2) is 50.0 Å². The van der Waals surface area contributed by atoms with Crippen LogP contribution in [0.4, 0.5) is 4.39 Å². The molecule has 2 radical (unpaired) electrons. The number of ether oxygens (including phenoxy) is 2. The van der Waals surface area contributed by atoms with Gasteiger partial charge in [-0.2, -0.15) is 0 Å². The third-order valence-corrected chi connectivity index (χ3v) is 1.95. The lowest BCUT2D eigenvalue weighted by Crippen LogP contribution is -2.32. The van der Waals surface area contributed by atoms with Gasteiger partial charge in [0.25, 0.3) is 0 Å². The first-order valence-electron chi connectivity index (χ1n) is 4.37. The summed E-state index contributed by atoms with van der Waals surface area (Å²) in [7, 11) is 5.25. The van der Waals surface area contributed by atoms with Crippen LogP contribution in [0.5, 0.6) is 0 Å². The van der Waals surface area contributed by atoms with Crippen LogP contribution in [0.1, 0.15) is 13.8 Å². The van der Waals surface area contributed by atoms with Crippen molar-refractivity contribution in [1.29, 1.82) is 0 Å². The van der Waals surface area contributed by atoms with Crippen LogP contribution < -0.4 is 0 Å². The minimum Gasteiger partial charge on any atom is -0.387 e. The molecule has 1 aliphatic heterocycles. The number of halogens is 1. The molecule has 1 N–H and O–H groups in total. The van der Waals surface area contributed by atoms with Crippen LogP contribution in [-0.2, 0) is 9.47 Å². The van der Waals surface area contributed by atoms with E-state index >= 15 is 0 Å². The Morgan fingerprint density at radius 1 is 1.62 bits per heavy atom. The predicted octanol–water partition coefficient (Wildman–Crippen LogP) is 0.00380. The van der Waals surface area contributed by atoms with E-state index < -0.39 is 24.4 Å². The zero-order valence-corrected chi connectivity index (χ0v) is 7.81. The summed E-state index contributed by atoms with van der Waals surface area (Å²) in [5.74, 6) is 0. The summed E-state index contributed by atoms with van der Waals surface area (Å²) in [6.45, 7) is 3.88. The second kappa shape index (κ2) is 4.40. The van der Waals surface area contributed by atoms with Crippen LogP contribution in [0.3, 0.4) is 0 Å². The van der Waals surface area contributed by atoms with Crippen molar-refractivity contribution in [2.45, 2.75) is 44.3 Å². The molecule has 3 nitrogen and oxygen atoms in total. The molecule has 4 atom stereocenters. The molecule has 1 aliphatic rings. The van der Waals surface area contributed by atoms with Crippen molar-refractivity contribution < 1.29 is 19.0 Å². The van der Waals surface area contributed by atoms with E-state index in [0.717, 1.165) is 0 Å². The van der Waals surface area contributed by atoms with E-state index in [-0.39, 0.29) is 12.7 Å². The van der Waals surface area contributed by atoms with E-state index in [2.05, 4.69) is 0 Å². The van der Waals surface area contributed by atoms with Gasteiger partial charge in [-0.3, -0.25) is 0 Å². The molecule has 0 spiro atoms. The molecule has 1 unspecified atom stereocenters. The molecule has 0 saturated carbocycles. The van der Waals surface area contributed by atoms with Crippen molar-refractivity contribution in [3.8, 4) is 0 Å². The monoisotopic (exact) mass is 188 g/mol. The molecule has 1 rings (SSSR count). The maximum absolute atomic E-state index is 12.9. The third-order valence-electron chi connectivity index (χ3n) is 1.95. The Labute approximate surface area is 78.6 Å². The number of rotatable bonds is 3. The number of hydrogen-bond acceptors (Lipinski definition) is 3. The topological polar surface area (TPSA) is 38.7 Å². The largest absolute Gasteiger partial charge is 0.387 e. The first-order valence-corrected chi connectivity index (χ1v) is 4.37. The first kappa shape index (κ1) is 11.0. The summed E-state index contributed by atoms with van der Waals surface area (Å²) >= 11 is 0. The standard InChI is InChI=1S/C8H14BFO3/c1-4(2)12-3-5-7(11)6(10)8(9)13-5/h4-8,11H,3H2,1-2H3/t5-,6+,7?,8-/m1/s1. The zero-order valence-electron chi connectivity index (χ0n) is 7.81. The minimum absolute atomic E-state index is 0.0330. The van der Waals surface area contributed by atoms with Gasteiger partial charge in [-0.1, -0.05) is 0 Å². The fourth-order valence-corrected chi connectivity index (χ4v) is 1.18. The van der Waals surface area contributed by atoms with E-state index in [4.69, 9.17) is 17.3 Å². The molecule has 0 aromatic rings. The Hall–Kier alpha value is -0.125. The number of aliphatic hydroxyl groups is 1. The maximum atomic E-state index is 12.9. The molecule has 0 bridgehead atoms. The summed E-state index contributed by atoms with van der Waals surface area (Å²) < 4.78 is 23.1. The number of hydrogen-bond donors (Lipinski definition) is 1. The van der Waals surface area contributed by atoms with Gasteiger partial charge in [-0.15, -0.1) is 0 Å². The van der Waals surface area contributed by atoms with Crippen molar-refractivity contribution in [3.05, 3.63) is 0 Å². The lowest BCUT2D eigenvalue weighted by molar-refractivity contribution is -0.0476. The van der Waals surface area contributed by atoms with Gasteiger partial charge in [0.2, 0.25) is 0 Å². The van der Waals surface area contributed by atoms with Crippen molar-refractivity contribution in [2.75, 3.05) is 6.61 Å². The van der Waals surface area contributed by atoms with Crippen LogP contribution in [0.2, 0.25) is 0 Å². The predicted molar refractivity (Wildman–Crippen MR) is 46.4 cm³/mol. The van der Waals surface area contributed by atoms with E-state index in [9.17, 15) is 9.50 Å². The van der Waals surface area contributed by atoms with Gasteiger partial charge < -0.3 is 14.6 Å². The Kier molecular flexibility index (Phi) is 3.70. The van der Waals surface area contributed by atoms with Gasteiger partial charge in [0.05, 0.1) is 18.7 Å². The summed E-state index contributed by atoms with van der Waals surface area (Å²) in [6.07, 6.45) is -3.30. The quantitative estimate of drug-likeness (QED) is 0.633. The van der Waals surface area contributed by atoms with Gasteiger partial charge in [-0.05, 0) is 13.8 Å². The zero-order chi connectivity index (χ0) is 10.0. The highest BCUT2D eigenvalue weighted by Crippen LogP contribution is 2.22. The number of aliphatic hydroxyl groups excluding tert-OH is 1. The van der Waals surface area contributed by atoms with E-state index in [1.54, 1.807) is 0 Å². The molecule has 0 aromatic heterocycles. The van der Waals surface area contributed by atoms with Crippen molar-refractivity contribution in [3.63, 3.8) is 0 Å². The molecular weight excluding hydrogens is 174 g/mol. The fraction of sp³-hybridized carbons (Fsp3) is 1.00. The highest BCUT2D eigenvalue weighted by atomic mass is 19.1. The molecule has 1 heterocycles. The Bertz CT molecular complexity index is 167. The lowest BCUT2D eigenvalue weighted by atomic mass is 9.94. The van der Waals surface area contributed by atoms with Crippen molar-refractivity contribution in [1.82, 2.24) is 0 Å². The van der Waals surface area contributed by atoms with E-state index in [1.807, 2.05) is 13.8 Å². The molecule has 1 saturated heterocycles. The number of alkyl halides is 1. The van der Waals surface area contributed by atoms with Gasteiger partial charge in [0, 0.05) is 0 Å². The van der Waals surface area contributed by atoms with E-state index in [0.29, 0.717) is 0 Å². The molecule has 13 heavy (non-hydrogen) atoms. The maximum Gasteiger partial charge on any atom is 0.146 e. The molecule has 0 amide bonds. The molecule has 5 heteroatoms. The van der Waals surface area contributed by atoms with Gasteiger partial charge in [0.1, 0.15) is 26.2 Å².